The zero-order valence-electron chi connectivity index (χ0n) is 73.7. The van der Waals surface area contributed by atoms with E-state index in [1.807, 2.05) is 112 Å². The zero-order valence-corrected chi connectivity index (χ0v) is 75.3. The second-order valence-corrected chi connectivity index (χ2v) is 37.6. The first-order valence-corrected chi connectivity index (χ1v) is 46.6. The molecule has 0 aliphatic carbocycles. The maximum absolute atomic E-state index is 15.0. The van der Waals surface area contributed by atoms with Crippen LogP contribution in [0.5, 0.6) is 17.2 Å². The lowest BCUT2D eigenvalue weighted by Crippen LogP contribution is -2.57. The number of ether oxygens (including phenoxy) is 4. The summed E-state index contributed by atoms with van der Waals surface area (Å²) in [7, 11) is -0.0171. The minimum absolute atomic E-state index is 0.0133. The van der Waals surface area contributed by atoms with Crippen molar-refractivity contribution in [3.05, 3.63) is 269 Å². The number of hydrogen-bond donors (Lipinski definition) is 3. The number of carbonyl (C=O) groups excluding carboxylic acids is 4. The Morgan fingerprint density at radius 2 is 0.830 bits per heavy atom. The van der Waals surface area contributed by atoms with Crippen molar-refractivity contribution >= 4 is 126 Å². The predicted molar refractivity (Wildman–Crippen MR) is 506 cm³/mol. The number of nitrogens with one attached hydrogen (secondary N) is 3. The summed E-state index contributed by atoms with van der Waals surface area (Å²) in [6, 6.07) is 61.7. The number of anilines is 3. The number of nitrogens with zero attached hydrogens (tertiary/aromatic N) is 9. The molecule has 9 aromatic heterocycles. The minimum atomic E-state index is -3.75. The summed E-state index contributed by atoms with van der Waals surface area (Å²) in [6.07, 6.45) is 3.37. The van der Waals surface area contributed by atoms with Gasteiger partial charge < -0.3 is 62.2 Å². The van der Waals surface area contributed by atoms with Crippen LogP contribution < -0.4 is 43.7 Å². The molecule has 5 aliphatic rings. The van der Waals surface area contributed by atoms with Gasteiger partial charge in [0.25, 0.3) is 17.7 Å². The second kappa shape index (κ2) is 32.6. The molecule has 1 spiro atoms. The number of sulfonamides is 2. The van der Waals surface area contributed by atoms with Crippen molar-refractivity contribution in [1.29, 1.82) is 0 Å². The van der Waals surface area contributed by atoms with Crippen LogP contribution in [0.2, 0.25) is 0 Å². The molecule has 135 heavy (non-hydrogen) atoms. The summed E-state index contributed by atoms with van der Waals surface area (Å²) in [5, 5.41) is 10.9. The smallest absolute Gasteiger partial charge is 0.255 e. The molecule has 0 bridgehead atoms. The van der Waals surface area contributed by atoms with Crippen molar-refractivity contribution in [2.75, 3.05) is 81.0 Å². The van der Waals surface area contributed by atoms with E-state index >= 15 is 4.39 Å². The lowest BCUT2D eigenvalue weighted by Gasteiger charge is -2.46. The van der Waals surface area contributed by atoms with Gasteiger partial charge in [-0.15, -0.1) is 0 Å². The molecule has 5 aliphatic heterocycles. The molecule has 23 rings (SSSR count). The molecule has 33 heteroatoms. The Balaban J connectivity index is 0.000000121. The van der Waals surface area contributed by atoms with Gasteiger partial charge in [-0.25, -0.2) is 49.3 Å². The van der Waals surface area contributed by atoms with E-state index in [0.29, 0.717) is 192 Å². The van der Waals surface area contributed by atoms with E-state index < -0.39 is 37.5 Å². The molecule has 0 unspecified atom stereocenters. The molecule has 14 heterocycles. The highest BCUT2D eigenvalue weighted by atomic mass is 32.2. The third-order valence-electron chi connectivity index (χ3n) is 25.3. The summed E-state index contributed by atoms with van der Waals surface area (Å²) < 4.78 is 160. The first-order chi connectivity index (χ1) is 64.9. The normalized spacial score (nSPS) is 13.9. The van der Waals surface area contributed by atoms with Gasteiger partial charge in [-0.2, -0.15) is 0 Å². The number of aromatic nitrogens is 6. The highest BCUT2D eigenvalue weighted by Gasteiger charge is 2.49. The van der Waals surface area contributed by atoms with Crippen LogP contribution in [0.1, 0.15) is 55.0 Å². The van der Waals surface area contributed by atoms with Crippen molar-refractivity contribution in [2.45, 2.75) is 45.9 Å². The molecule has 2 fully saturated rings. The summed E-state index contributed by atoms with van der Waals surface area (Å²) in [5.74, 6) is -0.0185. The van der Waals surface area contributed by atoms with Gasteiger partial charge in [0.05, 0.1) is 97.0 Å². The quantitative estimate of drug-likeness (QED) is 0.0852. The third kappa shape index (κ3) is 14.4. The van der Waals surface area contributed by atoms with E-state index in [4.69, 9.17) is 47.2 Å². The van der Waals surface area contributed by atoms with Gasteiger partial charge in [-0.3, -0.25) is 32.4 Å². The Morgan fingerprint density at radius 1 is 0.444 bits per heavy atom. The van der Waals surface area contributed by atoms with Gasteiger partial charge in [-0.05, 0) is 154 Å². The number of hydrogen-bond acceptors (Lipinski definition) is 18. The van der Waals surface area contributed by atoms with E-state index in [2.05, 4.69) is 16.0 Å². The Morgan fingerprint density at radius 3 is 1.24 bits per heavy atom. The molecule has 9 aromatic carbocycles. The maximum atomic E-state index is 15.0. The number of pyridine rings is 3. The molecule has 0 saturated carbocycles. The fraction of sp³-hybridized carbons (Fsp3) is 0.167. The summed E-state index contributed by atoms with van der Waals surface area (Å²) >= 11 is 0. The van der Waals surface area contributed by atoms with Crippen LogP contribution in [-0.4, -0.2) is 137 Å². The van der Waals surface area contributed by atoms with Crippen molar-refractivity contribution < 1.29 is 85.8 Å². The minimum Gasteiger partial charge on any atom is -0.470 e. The molecule has 0 atom stereocenters. The largest absolute Gasteiger partial charge is 0.470 e. The van der Waals surface area contributed by atoms with Crippen molar-refractivity contribution in [3.8, 4) is 119 Å². The van der Waals surface area contributed by atoms with Crippen LogP contribution in [0.4, 0.5) is 34.6 Å². The van der Waals surface area contributed by atoms with Gasteiger partial charge in [-0.1, -0.05) is 77.9 Å². The van der Waals surface area contributed by atoms with Gasteiger partial charge in [0.2, 0.25) is 31.7 Å². The highest BCUT2D eigenvalue weighted by molar-refractivity contribution is 7.92. The van der Waals surface area contributed by atoms with E-state index in [-0.39, 0.29) is 84.4 Å². The Hall–Kier alpha value is -15.9. The number of benzene rings is 9. The Labute approximate surface area is 767 Å². The van der Waals surface area contributed by atoms with Crippen molar-refractivity contribution in [3.63, 3.8) is 0 Å². The first-order valence-electron chi connectivity index (χ1n) is 42.9. The molecule has 3 N–H and O–H groups in total. The van der Waals surface area contributed by atoms with Crippen LogP contribution in [0.3, 0.4) is 0 Å². The van der Waals surface area contributed by atoms with Crippen molar-refractivity contribution in [1.82, 2.24) is 44.6 Å². The number of fused-ring (bicyclic) bond motifs is 19. The van der Waals surface area contributed by atoms with Crippen molar-refractivity contribution in [2.24, 2.45) is 0 Å². The van der Waals surface area contributed by atoms with Crippen LogP contribution in [0.15, 0.2) is 232 Å². The van der Waals surface area contributed by atoms with Gasteiger partial charge in [0.1, 0.15) is 99.1 Å². The fourth-order valence-corrected chi connectivity index (χ4v) is 19.3. The summed E-state index contributed by atoms with van der Waals surface area (Å²) in [4.78, 5) is 69.6. The predicted octanol–water partition coefficient (Wildman–Crippen LogP) is 19.3. The average molecular weight is 1850 g/mol. The average Bonchev–Trinajstić information content (AvgIpc) is 1.56. The molecule has 4 amide bonds. The number of aryl methyl sites for hydroxylation is 2. The number of furan rings is 3. The zero-order chi connectivity index (χ0) is 93.9. The fourth-order valence-electron chi connectivity index (χ4n) is 18.3. The number of rotatable bonds is 14. The highest BCUT2D eigenvalue weighted by Crippen LogP contribution is 2.52. The van der Waals surface area contributed by atoms with E-state index in [1.54, 1.807) is 104 Å². The summed E-state index contributed by atoms with van der Waals surface area (Å²) in [6.45, 7) is 5.51. The van der Waals surface area contributed by atoms with E-state index in [0.717, 1.165) is 55.4 Å². The van der Waals surface area contributed by atoms with Crippen LogP contribution >= 0.6 is 0 Å². The third-order valence-corrected chi connectivity index (χ3v) is 27.7. The van der Waals surface area contributed by atoms with E-state index in [9.17, 15) is 49.2 Å². The number of amides is 4. The molecule has 27 nitrogen and oxygen atoms in total. The Kier molecular flexibility index (Phi) is 20.7. The molecule has 0 radical (unpaired) electrons. The van der Waals surface area contributed by atoms with Gasteiger partial charge in [0, 0.05) is 132 Å². The van der Waals surface area contributed by atoms with Gasteiger partial charge in [0.15, 0.2) is 19.2 Å². The van der Waals surface area contributed by atoms with Crippen LogP contribution in [-0.2, 0) is 48.8 Å². The number of halogens is 4. The van der Waals surface area contributed by atoms with Gasteiger partial charge >= 0.3 is 0 Å². The number of carbonyl (C=O) groups is 4. The second-order valence-electron chi connectivity index (χ2n) is 33.6. The standard InChI is InChI=1S/C35H29FN4O6S.C35H27FN4O4.C32H24F2N4O5S/c1-19-8-10-20(11-9-19)33-31(34(41)37-2)23-14-22(27(16-30(23)45-33)39(3)47(4,42)43)25-12-13-29-32(38-25)28-15-21-24(36)6-5-7-26(21)40(28)35(46-29)17-44-18-35;1-19-8-10-20(11-9-19)34-32(35(42)37-2)23-15-22(27(17-30(23)44-34)39-14-4-7-31(39)41)25-12-13-29-33(38-25)28-16-21-24(36)5-3-6-26(21)40(28)18-43-29;1-35-32(39)29-21-13-20(25(37(2)44(3,40)41)15-28(21)43-31(29)17-7-9-18(33)10-8-17)23-11-12-27-30(36-23)26-14-19-22(34)5-4-6-24(19)38(26)16-42-27/h5-16H,17-18H2,1-4H3,(H,37,41);3,5-6,8-13,15-17H,4,7,14,18H2,1-2H3,(H,37,42);4-15H,16H2,1-3H3,(H,35,39). The Bertz CT molecular complexity index is 8350. The molecule has 18 aromatic rings. The van der Waals surface area contributed by atoms with Crippen LogP contribution in [0, 0.1) is 37.1 Å². The molecule has 678 valence electrons. The first kappa shape index (κ1) is 85.9. The van der Waals surface area contributed by atoms with Crippen LogP contribution in [0.25, 0.3) is 168 Å². The maximum Gasteiger partial charge on any atom is 0.255 e. The van der Waals surface area contributed by atoms with E-state index in [1.165, 1.54) is 69.7 Å². The lowest BCUT2D eigenvalue weighted by atomic mass is 9.99. The monoisotopic (exact) mass is 1850 g/mol. The molecule has 2 saturated heterocycles. The molecular formula is C102H80F4N12O15S2. The molecular weight excluding hydrogens is 1770 g/mol. The SMILES string of the molecule is CNC(=O)c1c(-c2ccc(C)cc2)oc2cc(N(C)S(C)(=O)=O)c(-c3ccc4c(n3)-c3cc5c(F)cccc5n3C3(COC3)O4)cc12.CNC(=O)c1c(-c2ccc(C)cc2)oc2cc(N3CCCC3=O)c(-c3ccc4c(n3)-c3cc5c(F)cccc5n3CO4)cc12.CNC(=O)c1c(-c2ccc(F)cc2)oc2cc(N(C)S(C)(=O)=O)c(-c3ccc4c(n3)-c3cc5c(F)cccc5n3CO4)cc12. The topological polar surface area (TPSA) is 312 Å². The summed E-state index contributed by atoms with van der Waals surface area (Å²) in [5.41, 5.74) is 14.8. The lowest BCUT2D eigenvalue weighted by molar-refractivity contribution is -0.211.